The molecule has 0 saturated carbocycles. The van der Waals surface area contributed by atoms with Crippen LogP contribution >= 0.6 is 0 Å². The lowest BCUT2D eigenvalue weighted by molar-refractivity contribution is -0.116. The molecule has 0 aromatic carbocycles. The summed E-state index contributed by atoms with van der Waals surface area (Å²) in [6.07, 6.45) is 9.02. The number of carbonyl (C=O) groups is 1. The van der Waals surface area contributed by atoms with Gasteiger partial charge in [-0.05, 0) is 25.8 Å². The molecule has 0 aliphatic heterocycles. The van der Waals surface area contributed by atoms with E-state index in [0.717, 1.165) is 25.3 Å². The predicted octanol–water partition coefficient (Wildman–Crippen LogP) is 3.62. The first-order chi connectivity index (χ1) is 10.3. The van der Waals surface area contributed by atoms with Gasteiger partial charge in [-0.2, -0.15) is 0 Å². The monoisotopic (exact) mass is 331 g/mol. The Morgan fingerprint density at radius 1 is 1.09 bits per heavy atom. The fourth-order valence-electron chi connectivity index (χ4n) is 2.69. The molecule has 0 aromatic heterocycles. The maximum atomic E-state index is 12.7. The minimum atomic E-state index is -3.23. The number of hydrogen-bond donors (Lipinski definition) is 1. The predicted molar refractivity (Wildman–Crippen MR) is 93.7 cm³/mol. The van der Waals surface area contributed by atoms with Crippen molar-refractivity contribution in [2.24, 2.45) is 0 Å². The van der Waals surface area contributed by atoms with Crippen molar-refractivity contribution in [3.63, 3.8) is 0 Å². The SMILES string of the molecule is C=CC(=O)NCCS(=O)(=O)C(C)(CCC)CCCCCCC. The van der Waals surface area contributed by atoms with Gasteiger partial charge in [-0.1, -0.05) is 59.0 Å². The van der Waals surface area contributed by atoms with Crippen molar-refractivity contribution >= 4 is 15.7 Å². The van der Waals surface area contributed by atoms with Gasteiger partial charge in [0, 0.05) is 6.54 Å². The van der Waals surface area contributed by atoms with E-state index in [4.69, 9.17) is 0 Å². The van der Waals surface area contributed by atoms with Gasteiger partial charge in [-0.25, -0.2) is 8.42 Å². The quantitative estimate of drug-likeness (QED) is 0.414. The van der Waals surface area contributed by atoms with Crippen molar-refractivity contribution in [1.29, 1.82) is 0 Å². The Balaban J connectivity index is 4.58. The lowest BCUT2D eigenvalue weighted by Gasteiger charge is -2.29. The van der Waals surface area contributed by atoms with Crippen LogP contribution in [0, 0.1) is 0 Å². The van der Waals surface area contributed by atoms with Gasteiger partial charge in [-0.15, -0.1) is 0 Å². The van der Waals surface area contributed by atoms with Crippen LogP contribution in [-0.2, 0) is 14.6 Å². The third-order valence-electron chi connectivity index (χ3n) is 4.19. The molecule has 0 heterocycles. The molecule has 0 aliphatic carbocycles. The number of unbranched alkanes of at least 4 members (excludes halogenated alkanes) is 4. The molecule has 1 atom stereocenters. The molecule has 1 unspecified atom stereocenters. The van der Waals surface area contributed by atoms with Crippen LogP contribution in [-0.4, -0.2) is 31.4 Å². The molecule has 130 valence electrons. The summed E-state index contributed by atoms with van der Waals surface area (Å²) >= 11 is 0. The van der Waals surface area contributed by atoms with E-state index in [1.165, 1.54) is 19.3 Å². The minimum absolute atomic E-state index is 0.00194. The molecule has 1 N–H and O–H groups in total. The van der Waals surface area contributed by atoms with Crippen LogP contribution in [0.5, 0.6) is 0 Å². The molecule has 0 spiro atoms. The molecule has 5 heteroatoms. The van der Waals surface area contributed by atoms with Crippen LogP contribution < -0.4 is 5.32 Å². The van der Waals surface area contributed by atoms with Gasteiger partial charge >= 0.3 is 0 Å². The van der Waals surface area contributed by atoms with E-state index in [2.05, 4.69) is 18.8 Å². The number of carbonyl (C=O) groups excluding carboxylic acids is 1. The lowest BCUT2D eigenvalue weighted by Crippen LogP contribution is -2.40. The summed E-state index contributed by atoms with van der Waals surface area (Å²) in [7, 11) is -3.23. The average Bonchev–Trinajstić information content (AvgIpc) is 2.46. The van der Waals surface area contributed by atoms with Crippen LogP contribution in [0.15, 0.2) is 12.7 Å². The Bertz CT molecular complexity index is 431. The molecule has 4 nitrogen and oxygen atoms in total. The fraction of sp³-hybridized carbons (Fsp3) is 0.824. The first-order valence-electron chi connectivity index (χ1n) is 8.45. The van der Waals surface area contributed by atoms with Gasteiger partial charge in [0.05, 0.1) is 10.5 Å². The molecule has 0 radical (unpaired) electrons. The van der Waals surface area contributed by atoms with Crippen molar-refractivity contribution in [2.45, 2.75) is 76.9 Å². The zero-order valence-corrected chi connectivity index (χ0v) is 15.3. The molecule has 0 rings (SSSR count). The van der Waals surface area contributed by atoms with E-state index in [9.17, 15) is 13.2 Å². The Kier molecular flexibility index (Phi) is 10.4. The lowest BCUT2D eigenvalue weighted by atomic mass is 9.97. The molecule has 22 heavy (non-hydrogen) atoms. The second-order valence-corrected chi connectivity index (χ2v) is 8.80. The van der Waals surface area contributed by atoms with E-state index < -0.39 is 14.6 Å². The maximum absolute atomic E-state index is 12.7. The molecule has 1 amide bonds. The molecule has 0 saturated heterocycles. The van der Waals surface area contributed by atoms with E-state index >= 15 is 0 Å². The minimum Gasteiger partial charge on any atom is -0.352 e. The maximum Gasteiger partial charge on any atom is 0.243 e. The number of amides is 1. The summed E-state index contributed by atoms with van der Waals surface area (Å²) in [6, 6.07) is 0. The second kappa shape index (κ2) is 10.8. The summed E-state index contributed by atoms with van der Waals surface area (Å²) < 4.78 is 24.6. The van der Waals surface area contributed by atoms with Crippen LogP contribution in [0.4, 0.5) is 0 Å². The van der Waals surface area contributed by atoms with Gasteiger partial charge in [0.1, 0.15) is 0 Å². The summed E-state index contributed by atoms with van der Waals surface area (Å²) in [5.74, 6) is -0.329. The Morgan fingerprint density at radius 2 is 1.73 bits per heavy atom. The van der Waals surface area contributed by atoms with Crippen molar-refractivity contribution in [3.05, 3.63) is 12.7 Å². The molecular formula is C17H33NO3S. The van der Waals surface area contributed by atoms with E-state index in [1.807, 2.05) is 13.8 Å². The van der Waals surface area contributed by atoms with Crippen molar-refractivity contribution in [1.82, 2.24) is 5.32 Å². The zero-order valence-electron chi connectivity index (χ0n) is 14.5. The van der Waals surface area contributed by atoms with Crippen molar-refractivity contribution in [2.75, 3.05) is 12.3 Å². The molecule has 0 fully saturated rings. The summed E-state index contributed by atoms with van der Waals surface area (Å²) in [6.45, 7) is 9.56. The standard InChI is InChI=1S/C17H33NO3S/c1-5-8-9-10-11-13-17(4,12-6-2)22(20,21)15-14-18-16(19)7-3/h7H,3,5-6,8-15H2,1-2,4H3,(H,18,19). The Hall–Kier alpha value is -0.840. The summed E-state index contributed by atoms with van der Waals surface area (Å²) in [4.78, 5) is 11.1. The number of rotatable bonds is 13. The van der Waals surface area contributed by atoms with Crippen LogP contribution in [0.1, 0.15) is 72.1 Å². The zero-order chi connectivity index (χ0) is 17.1. The third kappa shape index (κ3) is 7.43. The first kappa shape index (κ1) is 21.2. The third-order valence-corrected chi connectivity index (χ3v) is 6.85. The van der Waals surface area contributed by atoms with Crippen molar-refractivity contribution < 1.29 is 13.2 Å². The van der Waals surface area contributed by atoms with Gasteiger partial charge in [0.2, 0.25) is 5.91 Å². The fourth-order valence-corrected chi connectivity index (χ4v) is 4.53. The van der Waals surface area contributed by atoms with Crippen LogP contribution in [0.3, 0.4) is 0 Å². The smallest absolute Gasteiger partial charge is 0.243 e. The number of hydrogen-bond acceptors (Lipinski definition) is 3. The van der Waals surface area contributed by atoms with E-state index in [0.29, 0.717) is 12.8 Å². The second-order valence-electron chi connectivity index (χ2n) is 6.18. The number of sulfone groups is 1. The highest BCUT2D eigenvalue weighted by Gasteiger charge is 2.37. The van der Waals surface area contributed by atoms with Crippen LogP contribution in [0.25, 0.3) is 0 Å². The molecule has 0 bridgehead atoms. The highest BCUT2D eigenvalue weighted by atomic mass is 32.2. The largest absolute Gasteiger partial charge is 0.352 e. The van der Waals surface area contributed by atoms with Crippen LogP contribution in [0.2, 0.25) is 0 Å². The van der Waals surface area contributed by atoms with E-state index in [-0.39, 0.29) is 18.2 Å². The highest BCUT2D eigenvalue weighted by molar-refractivity contribution is 7.92. The number of nitrogens with one attached hydrogen (secondary N) is 1. The van der Waals surface area contributed by atoms with E-state index in [1.54, 1.807) is 0 Å². The Morgan fingerprint density at radius 3 is 2.27 bits per heavy atom. The Labute approximate surface area is 136 Å². The molecule has 0 aromatic rings. The normalized spacial score (nSPS) is 14.3. The van der Waals surface area contributed by atoms with Crippen molar-refractivity contribution in [3.8, 4) is 0 Å². The molecular weight excluding hydrogens is 298 g/mol. The summed E-state index contributed by atoms with van der Waals surface area (Å²) in [5.41, 5.74) is 0. The molecule has 0 aliphatic rings. The van der Waals surface area contributed by atoms with Gasteiger partial charge in [0.15, 0.2) is 9.84 Å². The first-order valence-corrected chi connectivity index (χ1v) is 10.1. The topological polar surface area (TPSA) is 63.2 Å². The average molecular weight is 332 g/mol. The summed E-state index contributed by atoms with van der Waals surface area (Å²) in [5, 5.41) is 2.55. The van der Waals surface area contributed by atoms with Gasteiger partial charge in [0.25, 0.3) is 0 Å². The van der Waals surface area contributed by atoms with Gasteiger partial charge in [-0.3, -0.25) is 4.79 Å². The van der Waals surface area contributed by atoms with Gasteiger partial charge < -0.3 is 5.32 Å². The highest BCUT2D eigenvalue weighted by Crippen LogP contribution is 2.30.